The number of benzene rings is 8. The summed E-state index contributed by atoms with van der Waals surface area (Å²) in [5.74, 6) is 20.1. The van der Waals surface area contributed by atoms with Crippen LogP contribution in [0.5, 0.6) is 57.5 Å². The van der Waals surface area contributed by atoms with E-state index in [0.29, 0.717) is 77.9 Å². The minimum atomic E-state index is -0.0342. The van der Waals surface area contributed by atoms with E-state index in [0.717, 1.165) is 259 Å². The second kappa shape index (κ2) is 66.8. The second-order valence-electron chi connectivity index (χ2n) is 44.1. The molecule has 0 aromatic heterocycles. The van der Waals surface area contributed by atoms with Crippen LogP contribution in [0, 0.1) is 58.2 Å². The van der Waals surface area contributed by atoms with Gasteiger partial charge in [-0.2, -0.15) is 10.2 Å². The van der Waals surface area contributed by atoms with Crippen LogP contribution in [0.4, 0.5) is 11.4 Å². The number of azo groups is 1. The second-order valence-corrected chi connectivity index (χ2v) is 44.1. The first kappa shape index (κ1) is 115. The van der Waals surface area contributed by atoms with Gasteiger partial charge in [-0.15, -0.1) is 0 Å². The zero-order valence-electron chi connectivity index (χ0n) is 91.8. The fourth-order valence-electron chi connectivity index (χ4n) is 23.3. The summed E-state index contributed by atoms with van der Waals surface area (Å²) < 4.78 is 69.4. The Kier molecular flexibility index (Phi) is 52.6. The van der Waals surface area contributed by atoms with Crippen LogP contribution in [0.1, 0.15) is 413 Å². The summed E-state index contributed by atoms with van der Waals surface area (Å²) in [6.07, 6.45) is 67.1. The van der Waals surface area contributed by atoms with Gasteiger partial charge >= 0.3 is 5.97 Å². The average Bonchev–Trinajstić information content (AvgIpc) is 1.46. The van der Waals surface area contributed by atoms with E-state index in [1.165, 1.54) is 218 Å². The van der Waals surface area contributed by atoms with Crippen LogP contribution in [0.25, 0.3) is 21.9 Å². The van der Waals surface area contributed by atoms with E-state index >= 15 is 0 Å². The zero-order chi connectivity index (χ0) is 102. The van der Waals surface area contributed by atoms with Crippen LogP contribution in [0.3, 0.4) is 0 Å². The fraction of sp³-hybridized carbons (Fsp3) is 0.614. The van der Waals surface area contributed by atoms with E-state index < -0.39 is 0 Å². The van der Waals surface area contributed by atoms with Gasteiger partial charge in [0.25, 0.3) is 0 Å². The van der Waals surface area contributed by atoms with Crippen LogP contribution in [-0.2, 0) is 9.53 Å². The Labute approximate surface area is 883 Å². The lowest BCUT2D eigenvalue weighted by atomic mass is 9.47. The number of carbonyl (C=O) groups is 1. The molecule has 4 aliphatic carbocycles. The Bertz CT molecular complexity index is 5040. The van der Waals surface area contributed by atoms with Crippen LogP contribution < -0.4 is 47.4 Å². The van der Waals surface area contributed by atoms with Gasteiger partial charge < -0.3 is 52.1 Å². The molecular formula is C132H188N2O12. The Balaban J connectivity index is 0.461. The highest BCUT2D eigenvalue weighted by Gasteiger charge is 2.59. The van der Waals surface area contributed by atoms with Gasteiger partial charge in [0.2, 0.25) is 5.75 Å². The van der Waals surface area contributed by atoms with E-state index in [9.17, 15) is 4.79 Å². The Hall–Kier alpha value is -9.61. The topological polar surface area (TPSA) is 143 Å². The average molecular weight is 1990 g/mol. The van der Waals surface area contributed by atoms with Crippen molar-refractivity contribution in [2.45, 2.75) is 408 Å². The predicted molar refractivity (Wildman–Crippen MR) is 605 cm³/mol. The first-order valence-electron chi connectivity index (χ1n) is 59.1. The summed E-state index contributed by atoms with van der Waals surface area (Å²) >= 11 is 0. The van der Waals surface area contributed by atoms with Gasteiger partial charge in [0.05, 0.1) is 83.0 Å². The van der Waals surface area contributed by atoms with Crippen LogP contribution in [-0.4, -0.2) is 78.1 Å². The number of ether oxygens (including phenoxy) is 11. The maximum absolute atomic E-state index is 13.2. The molecule has 8 atom stereocenters. The SMILES string of the molecule is CCCCCCCCCCCCOc1ccc(C#Cc2ccc(OCCCCCCOc3ccc(-c4ccc(OCCCCCOc5ccc(N=Nc6ccc(OCCCCOc7ccc8cc(OCCCCCC(=O)O[C@H]9CC[C@@]%10(C)C(=CC[C@H]%11[C@@H]%12CC[C@H]([C@H](C)CCCC(C)C)[C@@]%12(C)CC[C@@H]%11%10)C9)ccc8c7)cc6)cc5)cc4)cc3)cc2)c(OCCCCCCCCCCCC)c1OCCCCCCCCCCCC. The molecule has 14 heteroatoms. The van der Waals surface area contributed by atoms with E-state index in [-0.39, 0.29) is 17.5 Å². The van der Waals surface area contributed by atoms with Crippen LogP contribution in [0.2, 0.25) is 0 Å². The van der Waals surface area contributed by atoms with E-state index in [2.05, 4.69) is 181 Å². The first-order valence-corrected chi connectivity index (χ1v) is 59.1. The van der Waals surface area contributed by atoms with Crippen LogP contribution >= 0.6 is 0 Å². The van der Waals surface area contributed by atoms with Gasteiger partial charge in [-0.05, 0) is 343 Å². The molecule has 0 saturated heterocycles. The lowest BCUT2D eigenvalue weighted by molar-refractivity contribution is -0.151. The van der Waals surface area contributed by atoms with E-state index in [1.54, 1.807) is 5.57 Å². The highest BCUT2D eigenvalue weighted by atomic mass is 16.6. The van der Waals surface area contributed by atoms with Crippen LogP contribution in [0.15, 0.2) is 192 Å². The molecule has 0 bridgehead atoms. The molecule has 14 nitrogen and oxygen atoms in total. The summed E-state index contributed by atoms with van der Waals surface area (Å²) in [4.78, 5) is 13.2. The largest absolute Gasteiger partial charge is 0.494 e. The molecule has 146 heavy (non-hydrogen) atoms. The summed E-state index contributed by atoms with van der Waals surface area (Å²) in [5.41, 5.74) is 7.91. The quantitative estimate of drug-likeness (QED) is 0.0118. The molecular weight excluding hydrogens is 1810 g/mol. The van der Waals surface area contributed by atoms with E-state index in [4.69, 9.17) is 52.1 Å². The lowest BCUT2D eigenvalue weighted by Crippen LogP contribution is -2.51. The maximum atomic E-state index is 13.2. The third-order valence-electron chi connectivity index (χ3n) is 32.1. The minimum absolute atomic E-state index is 0.0217. The van der Waals surface area contributed by atoms with Crippen molar-refractivity contribution >= 4 is 28.1 Å². The molecule has 12 rings (SSSR count). The smallest absolute Gasteiger partial charge is 0.306 e. The molecule has 0 unspecified atom stereocenters. The highest BCUT2D eigenvalue weighted by molar-refractivity contribution is 5.85. The third kappa shape index (κ3) is 40.4. The van der Waals surface area contributed by atoms with Crippen molar-refractivity contribution in [2.24, 2.45) is 56.6 Å². The summed E-state index contributed by atoms with van der Waals surface area (Å²) in [6.45, 7) is 25.8. The minimum Gasteiger partial charge on any atom is -0.494 e. The number of carbonyl (C=O) groups excluding carboxylic acids is 1. The number of hydrogen-bond donors (Lipinski definition) is 0. The van der Waals surface area contributed by atoms with Crippen molar-refractivity contribution in [3.8, 4) is 80.5 Å². The van der Waals surface area contributed by atoms with Gasteiger partial charge in [0.1, 0.15) is 46.4 Å². The Morgan fingerprint density at radius 3 is 1.17 bits per heavy atom. The molecule has 0 aliphatic heterocycles. The Morgan fingerprint density at radius 2 is 0.726 bits per heavy atom. The molecule has 0 heterocycles. The molecule has 3 saturated carbocycles. The fourth-order valence-corrected chi connectivity index (χ4v) is 23.3. The molecule has 798 valence electrons. The summed E-state index contributed by atoms with van der Waals surface area (Å²) in [5, 5.41) is 11.1. The first-order chi connectivity index (χ1) is 71.7. The molecule has 0 spiro atoms. The van der Waals surface area contributed by atoms with Crippen molar-refractivity contribution in [1.29, 1.82) is 0 Å². The number of fused-ring (bicyclic) bond motifs is 6. The molecule has 0 radical (unpaired) electrons. The Morgan fingerprint density at radius 1 is 0.349 bits per heavy atom. The standard InChI is InChI=1S/C132H188N2O12/c1-9-12-15-18-21-24-27-30-33-43-98-143-127-86-65-109(129(144-99-44-34-31-28-25-22-19-16-13-10-2)130(127)145-100-45-35-32-29-26-23-20-17-14-11-3)58-55-106-56-71-115(72-57-106)136-91-41-36-37-42-92-137-116-73-59-107(60-74-116)108-61-75-117(76-62-108)138-93-47-39-48-94-139-118-79-67-113(68-80-118)133-134-114-69-81-119(82-70-114)140-96-49-50-97-142-121-78-64-110-101-120(77-63-111(110)102-121)141-95-46-38-40-54-128(135)146-122-87-89-131(7)112(103-122)66-83-123-125-85-84-124(105(6)53-51-52-104(4)5)132(125,8)90-88-126(123)131/h56-57,59-82,86,101-102,104-105,122-126H,9-54,83-85,87-100,103H2,1-8H3/t105-,122+,123+,124-,125+,126+,131+,132-/m1/s1. The highest BCUT2D eigenvalue weighted by Crippen LogP contribution is 2.68. The van der Waals surface area contributed by atoms with Crippen molar-refractivity contribution in [3.63, 3.8) is 0 Å². The lowest BCUT2D eigenvalue weighted by Gasteiger charge is -2.58. The van der Waals surface area contributed by atoms with Gasteiger partial charge in [-0.25, -0.2) is 0 Å². The molecule has 0 N–H and O–H groups in total. The summed E-state index contributed by atoms with van der Waals surface area (Å²) in [7, 11) is 0. The number of esters is 1. The van der Waals surface area contributed by atoms with E-state index in [1.807, 2.05) is 72.8 Å². The number of unbranched alkanes of at least 4 members (excludes halogenated alkanes) is 35. The molecule has 0 amide bonds. The monoisotopic (exact) mass is 1990 g/mol. The summed E-state index contributed by atoms with van der Waals surface area (Å²) in [6, 6.07) is 57.0. The van der Waals surface area contributed by atoms with Crippen molar-refractivity contribution < 1.29 is 56.9 Å². The number of nitrogens with zero attached hydrogens (tertiary/aromatic N) is 2. The van der Waals surface area contributed by atoms with Gasteiger partial charge in [0.15, 0.2) is 11.5 Å². The van der Waals surface area contributed by atoms with Gasteiger partial charge in [-0.3, -0.25) is 4.79 Å². The van der Waals surface area contributed by atoms with Gasteiger partial charge in [-0.1, -0.05) is 308 Å². The van der Waals surface area contributed by atoms with Crippen molar-refractivity contribution in [2.75, 3.05) is 66.1 Å². The third-order valence-corrected chi connectivity index (χ3v) is 32.1. The molecule has 8 aromatic carbocycles. The van der Waals surface area contributed by atoms with Gasteiger partial charge in [0, 0.05) is 18.4 Å². The normalized spacial score (nSPS) is 18.1. The number of rotatable bonds is 76. The van der Waals surface area contributed by atoms with Crippen molar-refractivity contribution in [1.82, 2.24) is 0 Å². The molecule has 8 aromatic rings. The number of hydrogen-bond acceptors (Lipinski definition) is 14. The predicted octanol–water partition coefficient (Wildman–Crippen LogP) is 38.0. The zero-order valence-corrected chi connectivity index (χ0v) is 91.8. The molecule has 4 aliphatic rings. The maximum Gasteiger partial charge on any atom is 0.306 e. The van der Waals surface area contributed by atoms with Crippen molar-refractivity contribution in [3.05, 3.63) is 193 Å². The number of allylic oxidation sites excluding steroid dienone is 1. The molecule has 3 fully saturated rings.